The lowest BCUT2D eigenvalue weighted by atomic mass is 10.0. The lowest BCUT2D eigenvalue weighted by molar-refractivity contribution is 0.199. The maximum atomic E-state index is 10.7. The SMILES string of the molecule is COc1cnn(C(C)C)c1C(O)c1cc(C)nc(C)c1. The molecule has 0 aliphatic rings. The predicted molar refractivity (Wildman–Crippen MR) is 76.9 cm³/mol. The van der Waals surface area contributed by atoms with Crippen LogP contribution in [-0.4, -0.2) is 27.0 Å². The van der Waals surface area contributed by atoms with Gasteiger partial charge in [-0.3, -0.25) is 9.67 Å². The molecule has 0 aliphatic heterocycles. The summed E-state index contributed by atoms with van der Waals surface area (Å²) in [6, 6.07) is 3.91. The van der Waals surface area contributed by atoms with Crippen LogP contribution in [0.5, 0.6) is 5.75 Å². The van der Waals surface area contributed by atoms with E-state index in [2.05, 4.69) is 10.1 Å². The lowest BCUT2D eigenvalue weighted by Crippen LogP contribution is -2.13. The van der Waals surface area contributed by atoms with Gasteiger partial charge in [-0.05, 0) is 45.4 Å². The molecule has 2 aromatic rings. The largest absolute Gasteiger partial charge is 0.493 e. The van der Waals surface area contributed by atoms with E-state index in [4.69, 9.17) is 4.74 Å². The number of aliphatic hydroxyl groups excluding tert-OH is 1. The van der Waals surface area contributed by atoms with Gasteiger partial charge < -0.3 is 9.84 Å². The van der Waals surface area contributed by atoms with Crippen LogP contribution in [0.2, 0.25) is 0 Å². The van der Waals surface area contributed by atoms with E-state index in [9.17, 15) is 5.11 Å². The van der Waals surface area contributed by atoms with Crippen molar-refractivity contribution in [3.8, 4) is 5.75 Å². The number of ether oxygens (including phenoxy) is 1. The first-order chi connectivity index (χ1) is 9.43. The first kappa shape index (κ1) is 14.5. The van der Waals surface area contributed by atoms with Crippen molar-refractivity contribution in [3.63, 3.8) is 0 Å². The van der Waals surface area contributed by atoms with Crippen LogP contribution in [0.15, 0.2) is 18.3 Å². The Labute approximate surface area is 119 Å². The normalized spacial score (nSPS) is 12.8. The number of aliphatic hydroxyl groups is 1. The Balaban J connectivity index is 2.51. The summed E-state index contributed by atoms with van der Waals surface area (Å²) in [4.78, 5) is 4.33. The smallest absolute Gasteiger partial charge is 0.163 e. The van der Waals surface area contributed by atoms with Gasteiger partial charge in [-0.1, -0.05) is 0 Å². The average Bonchev–Trinajstić information content (AvgIpc) is 2.80. The lowest BCUT2D eigenvalue weighted by Gasteiger charge is -2.18. The molecule has 1 N–H and O–H groups in total. The molecule has 0 saturated heterocycles. The van der Waals surface area contributed by atoms with E-state index >= 15 is 0 Å². The van der Waals surface area contributed by atoms with Gasteiger partial charge in [0.15, 0.2) is 5.75 Å². The van der Waals surface area contributed by atoms with Crippen molar-refractivity contribution in [3.05, 3.63) is 41.0 Å². The third-order valence-electron chi connectivity index (χ3n) is 3.19. The quantitative estimate of drug-likeness (QED) is 0.931. The van der Waals surface area contributed by atoms with Crippen molar-refractivity contribution in [2.24, 2.45) is 0 Å². The molecule has 0 aromatic carbocycles. The first-order valence-corrected chi connectivity index (χ1v) is 6.68. The zero-order chi connectivity index (χ0) is 14.9. The van der Waals surface area contributed by atoms with Crippen molar-refractivity contribution >= 4 is 0 Å². The van der Waals surface area contributed by atoms with Gasteiger partial charge in [-0.2, -0.15) is 5.10 Å². The summed E-state index contributed by atoms with van der Waals surface area (Å²) >= 11 is 0. The summed E-state index contributed by atoms with van der Waals surface area (Å²) < 4.78 is 7.11. The van der Waals surface area contributed by atoms with Crippen molar-refractivity contribution in [1.29, 1.82) is 0 Å². The van der Waals surface area contributed by atoms with Crippen molar-refractivity contribution in [1.82, 2.24) is 14.8 Å². The number of aryl methyl sites for hydroxylation is 2. The van der Waals surface area contributed by atoms with E-state index in [1.54, 1.807) is 18.0 Å². The molecule has 5 heteroatoms. The van der Waals surface area contributed by atoms with Crippen LogP contribution in [0.3, 0.4) is 0 Å². The molecule has 2 rings (SSSR count). The van der Waals surface area contributed by atoms with E-state index in [0.717, 1.165) is 17.0 Å². The number of nitrogens with zero attached hydrogens (tertiary/aromatic N) is 3. The molecular formula is C15H21N3O2. The molecular weight excluding hydrogens is 254 g/mol. The van der Waals surface area contributed by atoms with Crippen LogP contribution in [-0.2, 0) is 0 Å². The molecule has 0 bridgehead atoms. The highest BCUT2D eigenvalue weighted by molar-refractivity contribution is 5.36. The van der Waals surface area contributed by atoms with E-state index in [1.807, 2.05) is 39.8 Å². The molecule has 5 nitrogen and oxygen atoms in total. The van der Waals surface area contributed by atoms with Gasteiger partial charge in [-0.25, -0.2) is 0 Å². The molecule has 108 valence electrons. The topological polar surface area (TPSA) is 60.2 Å². The fourth-order valence-corrected chi connectivity index (χ4v) is 2.37. The second-order valence-corrected chi connectivity index (χ2v) is 5.22. The van der Waals surface area contributed by atoms with Gasteiger partial charge in [-0.15, -0.1) is 0 Å². The molecule has 0 saturated carbocycles. The summed E-state index contributed by atoms with van der Waals surface area (Å²) in [5.41, 5.74) is 3.24. The fraction of sp³-hybridized carbons (Fsp3) is 0.467. The maximum Gasteiger partial charge on any atom is 0.163 e. The standard InChI is InChI=1S/C15H21N3O2/c1-9(2)18-14(13(20-5)8-16-18)15(19)12-6-10(3)17-11(4)7-12/h6-9,15,19H,1-5H3. The number of hydrogen-bond donors (Lipinski definition) is 1. The molecule has 20 heavy (non-hydrogen) atoms. The van der Waals surface area contributed by atoms with Gasteiger partial charge >= 0.3 is 0 Å². The van der Waals surface area contributed by atoms with Crippen molar-refractivity contribution < 1.29 is 9.84 Å². The predicted octanol–water partition coefficient (Wildman–Crippen LogP) is 2.57. The Morgan fingerprint density at radius 2 is 1.80 bits per heavy atom. The van der Waals surface area contributed by atoms with Gasteiger partial charge in [0.25, 0.3) is 0 Å². The Morgan fingerprint density at radius 3 is 2.30 bits per heavy atom. The second-order valence-electron chi connectivity index (χ2n) is 5.22. The molecule has 0 spiro atoms. The van der Waals surface area contributed by atoms with E-state index in [0.29, 0.717) is 11.4 Å². The zero-order valence-electron chi connectivity index (χ0n) is 12.6. The zero-order valence-corrected chi connectivity index (χ0v) is 12.6. The minimum Gasteiger partial charge on any atom is -0.493 e. The van der Waals surface area contributed by atoms with Gasteiger partial charge in [0.2, 0.25) is 0 Å². The number of aromatic nitrogens is 3. The van der Waals surface area contributed by atoms with Crippen LogP contribution < -0.4 is 4.74 Å². The Hall–Kier alpha value is -1.88. The monoisotopic (exact) mass is 275 g/mol. The number of pyridine rings is 1. The Morgan fingerprint density at radius 1 is 1.20 bits per heavy atom. The summed E-state index contributed by atoms with van der Waals surface area (Å²) in [6.45, 7) is 7.87. The Bertz CT molecular complexity index is 585. The highest BCUT2D eigenvalue weighted by Gasteiger charge is 2.23. The van der Waals surface area contributed by atoms with Crippen molar-refractivity contribution in [2.75, 3.05) is 7.11 Å². The highest BCUT2D eigenvalue weighted by atomic mass is 16.5. The fourth-order valence-electron chi connectivity index (χ4n) is 2.37. The Kier molecular flexibility index (Phi) is 4.09. The third-order valence-corrected chi connectivity index (χ3v) is 3.19. The molecule has 2 heterocycles. The minimum atomic E-state index is -0.782. The van der Waals surface area contributed by atoms with Gasteiger partial charge in [0.1, 0.15) is 11.8 Å². The van der Waals surface area contributed by atoms with E-state index in [1.165, 1.54) is 0 Å². The average molecular weight is 275 g/mol. The maximum absolute atomic E-state index is 10.7. The van der Waals surface area contributed by atoms with Gasteiger partial charge in [0.05, 0.1) is 13.3 Å². The molecule has 1 atom stereocenters. The van der Waals surface area contributed by atoms with Crippen LogP contribution in [0, 0.1) is 13.8 Å². The molecule has 1 unspecified atom stereocenters. The van der Waals surface area contributed by atoms with E-state index < -0.39 is 6.10 Å². The molecule has 2 aromatic heterocycles. The second kappa shape index (κ2) is 5.63. The highest BCUT2D eigenvalue weighted by Crippen LogP contribution is 2.32. The molecule has 0 aliphatic carbocycles. The van der Waals surface area contributed by atoms with Crippen LogP contribution >= 0.6 is 0 Å². The summed E-state index contributed by atoms with van der Waals surface area (Å²) in [5.74, 6) is 0.596. The van der Waals surface area contributed by atoms with Crippen LogP contribution in [0.1, 0.15) is 48.6 Å². The van der Waals surface area contributed by atoms with Gasteiger partial charge in [0, 0.05) is 17.4 Å². The number of methoxy groups -OCH3 is 1. The molecule has 0 radical (unpaired) electrons. The van der Waals surface area contributed by atoms with Crippen LogP contribution in [0.4, 0.5) is 0 Å². The third kappa shape index (κ3) is 2.67. The molecule has 0 fully saturated rings. The molecule has 0 amide bonds. The number of hydrogen-bond acceptors (Lipinski definition) is 4. The summed E-state index contributed by atoms with van der Waals surface area (Å²) in [6.07, 6.45) is 0.856. The summed E-state index contributed by atoms with van der Waals surface area (Å²) in [5, 5.41) is 15.0. The van der Waals surface area contributed by atoms with Crippen LogP contribution in [0.25, 0.3) is 0 Å². The van der Waals surface area contributed by atoms with Crippen molar-refractivity contribution in [2.45, 2.75) is 39.8 Å². The number of rotatable bonds is 4. The minimum absolute atomic E-state index is 0.146. The summed E-state index contributed by atoms with van der Waals surface area (Å²) in [7, 11) is 1.58. The van der Waals surface area contributed by atoms with E-state index in [-0.39, 0.29) is 6.04 Å². The first-order valence-electron chi connectivity index (χ1n) is 6.68.